The normalized spacial score (nSPS) is 12.3. The van der Waals surface area contributed by atoms with Crippen LogP contribution in [0, 0.1) is 5.92 Å². The molecule has 30 heavy (non-hydrogen) atoms. The summed E-state index contributed by atoms with van der Waals surface area (Å²) in [5, 5.41) is 4.96. The molecular formula is C22H48N2O5S. The first-order chi connectivity index (χ1) is 14.5. The molecule has 0 aromatic rings. The van der Waals surface area contributed by atoms with Gasteiger partial charge in [0.25, 0.3) is 0 Å². The van der Waals surface area contributed by atoms with E-state index in [0.717, 1.165) is 19.3 Å². The van der Waals surface area contributed by atoms with E-state index in [0.29, 0.717) is 39.5 Å². The SMILES string of the molecule is CC.CCCOCCNC(=O)CC(SCC(=O)C(C)CC)C(=O)NCCOCCC.[HH].[HH]. The van der Waals surface area contributed by atoms with Crippen LogP contribution in [0.2, 0.25) is 0 Å². The van der Waals surface area contributed by atoms with Crippen molar-refractivity contribution in [3.63, 3.8) is 0 Å². The molecule has 0 aliphatic carbocycles. The summed E-state index contributed by atoms with van der Waals surface area (Å²) < 4.78 is 10.7. The van der Waals surface area contributed by atoms with Gasteiger partial charge in [0.15, 0.2) is 0 Å². The molecule has 2 atom stereocenters. The van der Waals surface area contributed by atoms with E-state index in [1.54, 1.807) is 0 Å². The largest absolute Gasteiger partial charge is 0.380 e. The van der Waals surface area contributed by atoms with Gasteiger partial charge in [0.2, 0.25) is 11.8 Å². The number of ether oxygens (including phenoxy) is 2. The van der Waals surface area contributed by atoms with Gasteiger partial charge in [0, 0.05) is 41.5 Å². The summed E-state index contributed by atoms with van der Waals surface area (Å²) in [6.07, 6.45) is 2.66. The lowest BCUT2D eigenvalue weighted by atomic mass is 10.1. The summed E-state index contributed by atoms with van der Waals surface area (Å²) in [6, 6.07) is 0. The van der Waals surface area contributed by atoms with E-state index in [9.17, 15) is 14.4 Å². The van der Waals surface area contributed by atoms with Gasteiger partial charge in [0.05, 0.1) is 24.2 Å². The lowest BCUT2D eigenvalue weighted by molar-refractivity contribution is -0.126. The van der Waals surface area contributed by atoms with Gasteiger partial charge in [-0.3, -0.25) is 14.4 Å². The van der Waals surface area contributed by atoms with E-state index in [2.05, 4.69) is 10.6 Å². The standard InChI is InChI=1S/C20H38N2O5S.C2H6.2H2/c1-5-10-26-12-8-21-19(24)14-18(28-15-17(23)16(4)7-3)20(25)22-9-13-27-11-6-2;1-2;;/h16,18H,5-15H2,1-4H3,(H,21,24)(H,22,25);1-2H3;2*1H. The maximum Gasteiger partial charge on any atom is 0.233 e. The molecule has 0 bridgehead atoms. The molecule has 0 saturated heterocycles. The molecule has 0 saturated carbocycles. The fourth-order valence-electron chi connectivity index (χ4n) is 2.14. The third kappa shape index (κ3) is 17.7. The van der Waals surface area contributed by atoms with E-state index in [1.807, 2.05) is 41.5 Å². The first-order valence-corrected chi connectivity index (χ1v) is 12.3. The number of hydrogen-bond acceptors (Lipinski definition) is 6. The van der Waals surface area contributed by atoms with Crippen LogP contribution in [-0.2, 0) is 23.9 Å². The second kappa shape index (κ2) is 22.6. The average molecular weight is 453 g/mol. The Bertz CT molecular complexity index is 460. The van der Waals surface area contributed by atoms with Gasteiger partial charge < -0.3 is 20.1 Å². The zero-order valence-corrected chi connectivity index (χ0v) is 20.7. The van der Waals surface area contributed by atoms with Gasteiger partial charge >= 0.3 is 0 Å². The summed E-state index contributed by atoms with van der Waals surface area (Å²) in [6.45, 7) is 14.9. The Morgan fingerprint density at radius 3 is 1.93 bits per heavy atom. The van der Waals surface area contributed by atoms with E-state index >= 15 is 0 Å². The molecular weight excluding hydrogens is 404 g/mol. The second-order valence-electron chi connectivity index (χ2n) is 6.65. The fourth-order valence-corrected chi connectivity index (χ4v) is 3.29. The van der Waals surface area contributed by atoms with Crippen molar-refractivity contribution in [2.24, 2.45) is 5.92 Å². The van der Waals surface area contributed by atoms with Crippen LogP contribution in [0.1, 0.15) is 70.1 Å². The Morgan fingerprint density at radius 1 is 0.900 bits per heavy atom. The highest BCUT2D eigenvalue weighted by atomic mass is 32.2. The highest BCUT2D eigenvalue weighted by Gasteiger charge is 2.24. The number of Topliss-reactive ketones (excluding diaryl/α,β-unsaturated/α-hetero) is 1. The van der Waals surface area contributed by atoms with Gasteiger partial charge in [-0.2, -0.15) is 0 Å². The molecule has 7 nitrogen and oxygen atoms in total. The number of ketones is 1. The van der Waals surface area contributed by atoms with Crippen LogP contribution in [0.4, 0.5) is 0 Å². The number of carbonyl (C=O) groups excluding carboxylic acids is 3. The summed E-state index contributed by atoms with van der Waals surface area (Å²) in [7, 11) is 0. The summed E-state index contributed by atoms with van der Waals surface area (Å²) >= 11 is 1.23. The van der Waals surface area contributed by atoms with Gasteiger partial charge in [-0.1, -0.05) is 41.5 Å². The predicted octanol–water partition coefficient (Wildman–Crippen LogP) is 3.70. The number of carbonyl (C=O) groups is 3. The Balaban J connectivity index is -0.000000950. The average Bonchev–Trinajstić information content (AvgIpc) is 2.76. The first kappa shape index (κ1) is 31.1. The fraction of sp³-hybridized carbons (Fsp3) is 0.864. The van der Waals surface area contributed by atoms with Gasteiger partial charge in [-0.25, -0.2) is 0 Å². The zero-order chi connectivity index (χ0) is 23.2. The molecule has 0 heterocycles. The van der Waals surface area contributed by atoms with Crippen molar-refractivity contribution in [2.45, 2.75) is 72.5 Å². The molecule has 8 heteroatoms. The van der Waals surface area contributed by atoms with E-state index in [4.69, 9.17) is 9.47 Å². The van der Waals surface area contributed by atoms with Crippen LogP contribution in [-0.4, -0.2) is 68.1 Å². The predicted molar refractivity (Wildman–Crippen MR) is 129 cm³/mol. The monoisotopic (exact) mass is 452 g/mol. The number of thioether (sulfide) groups is 1. The van der Waals surface area contributed by atoms with Crippen molar-refractivity contribution in [3.8, 4) is 0 Å². The van der Waals surface area contributed by atoms with E-state index in [1.165, 1.54) is 11.8 Å². The minimum atomic E-state index is -0.601. The molecule has 2 N–H and O–H groups in total. The maximum atomic E-state index is 12.5. The second-order valence-corrected chi connectivity index (χ2v) is 7.84. The molecule has 0 aliphatic heterocycles. The van der Waals surface area contributed by atoms with Crippen LogP contribution in [0.5, 0.6) is 0 Å². The molecule has 0 aromatic carbocycles. The van der Waals surface area contributed by atoms with Crippen LogP contribution >= 0.6 is 11.8 Å². The summed E-state index contributed by atoms with van der Waals surface area (Å²) in [5.41, 5.74) is 0. The molecule has 2 amide bonds. The molecule has 0 aliphatic rings. The highest BCUT2D eigenvalue weighted by molar-refractivity contribution is 8.01. The van der Waals surface area contributed by atoms with Crippen molar-refractivity contribution in [2.75, 3.05) is 45.3 Å². The molecule has 0 rings (SSSR count). The molecule has 0 radical (unpaired) electrons. The number of nitrogens with one attached hydrogen (secondary N) is 2. The highest BCUT2D eigenvalue weighted by Crippen LogP contribution is 2.18. The smallest absolute Gasteiger partial charge is 0.233 e. The number of hydrogen-bond donors (Lipinski definition) is 2. The van der Waals surface area contributed by atoms with Crippen LogP contribution < -0.4 is 10.6 Å². The van der Waals surface area contributed by atoms with Crippen molar-refractivity contribution in [1.29, 1.82) is 0 Å². The molecule has 0 fully saturated rings. The lowest BCUT2D eigenvalue weighted by Crippen LogP contribution is -2.39. The van der Waals surface area contributed by atoms with Crippen LogP contribution in [0.25, 0.3) is 0 Å². The van der Waals surface area contributed by atoms with Crippen LogP contribution in [0.3, 0.4) is 0 Å². The Kier molecular flexibility index (Phi) is 23.4. The maximum absolute atomic E-state index is 12.5. The Labute approximate surface area is 190 Å². The van der Waals surface area contributed by atoms with Gasteiger partial charge in [0.1, 0.15) is 5.78 Å². The number of rotatable bonds is 18. The topological polar surface area (TPSA) is 93.7 Å². The Morgan fingerprint density at radius 2 is 1.43 bits per heavy atom. The van der Waals surface area contributed by atoms with Gasteiger partial charge in [-0.05, 0) is 19.3 Å². The van der Waals surface area contributed by atoms with Crippen molar-refractivity contribution in [1.82, 2.24) is 10.6 Å². The summed E-state index contributed by atoms with van der Waals surface area (Å²) in [5.74, 6) is -0.162. The third-order valence-electron chi connectivity index (χ3n) is 4.06. The van der Waals surface area contributed by atoms with Crippen molar-refractivity contribution in [3.05, 3.63) is 0 Å². The first-order valence-electron chi connectivity index (χ1n) is 11.3. The Hall–Kier alpha value is -1.12. The molecule has 182 valence electrons. The molecule has 0 aromatic heterocycles. The minimum absolute atomic E-state index is 0. The minimum Gasteiger partial charge on any atom is -0.380 e. The molecule has 2 unspecified atom stereocenters. The third-order valence-corrected chi connectivity index (χ3v) is 5.30. The molecule has 0 spiro atoms. The summed E-state index contributed by atoms with van der Waals surface area (Å²) in [4.78, 5) is 36.7. The van der Waals surface area contributed by atoms with E-state index < -0.39 is 5.25 Å². The van der Waals surface area contributed by atoms with Crippen molar-refractivity contribution >= 4 is 29.4 Å². The van der Waals surface area contributed by atoms with E-state index in [-0.39, 0.29) is 38.5 Å². The number of amides is 2. The van der Waals surface area contributed by atoms with Crippen molar-refractivity contribution < 1.29 is 26.7 Å². The zero-order valence-electron chi connectivity index (χ0n) is 19.9. The van der Waals surface area contributed by atoms with Crippen LogP contribution in [0.15, 0.2) is 0 Å². The quantitative estimate of drug-likeness (QED) is 0.308. The van der Waals surface area contributed by atoms with Gasteiger partial charge in [-0.15, -0.1) is 11.8 Å². The lowest BCUT2D eigenvalue weighted by Gasteiger charge is -2.17.